The quantitative estimate of drug-likeness (QED) is 0.881. The van der Waals surface area contributed by atoms with Gasteiger partial charge in [-0.15, -0.1) is 0 Å². The van der Waals surface area contributed by atoms with Gasteiger partial charge in [0.05, 0.1) is 6.10 Å². The molecule has 0 spiro atoms. The molecule has 0 amide bonds. The standard InChI is InChI=1S/C16H23NO/c1-2-17(11-12-7-8-12)15-10-9-13-5-3-4-6-14(13)16(15)18/h3-6,12,15-16,18H,2,7-11H2,1H3. The Morgan fingerprint density at radius 2 is 2.00 bits per heavy atom. The molecule has 1 fully saturated rings. The molecule has 18 heavy (non-hydrogen) atoms. The number of fused-ring (bicyclic) bond motifs is 1. The van der Waals surface area contributed by atoms with Crippen molar-refractivity contribution in [3.05, 3.63) is 35.4 Å². The van der Waals surface area contributed by atoms with E-state index in [9.17, 15) is 5.11 Å². The lowest BCUT2D eigenvalue weighted by molar-refractivity contribution is 0.0361. The van der Waals surface area contributed by atoms with E-state index in [-0.39, 0.29) is 6.10 Å². The van der Waals surface area contributed by atoms with Gasteiger partial charge in [0.15, 0.2) is 0 Å². The van der Waals surface area contributed by atoms with E-state index in [1.54, 1.807) is 0 Å². The summed E-state index contributed by atoms with van der Waals surface area (Å²) in [6, 6.07) is 8.70. The average Bonchev–Trinajstić information content (AvgIpc) is 3.21. The number of likely N-dealkylation sites (N-methyl/N-ethyl adjacent to an activating group) is 1. The summed E-state index contributed by atoms with van der Waals surface area (Å²) in [4.78, 5) is 2.50. The summed E-state index contributed by atoms with van der Waals surface area (Å²) in [5.41, 5.74) is 2.49. The fourth-order valence-electron chi connectivity index (χ4n) is 3.23. The van der Waals surface area contributed by atoms with E-state index in [0.717, 1.165) is 30.9 Å². The summed E-state index contributed by atoms with van der Waals surface area (Å²) in [7, 11) is 0. The maximum absolute atomic E-state index is 10.6. The van der Waals surface area contributed by atoms with E-state index in [0.29, 0.717) is 6.04 Å². The molecule has 2 heteroatoms. The first kappa shape index (κ1) is 12.2. The minimum absolute atomic E-state index is 0.298. The summed E-state index contributed by atoms with van der Waals surface area (Å²) in [6.45, 7) is 4.45. The first-order chi connectivity index (χ1) is 8.79. The van der Waals surface area contributed by atoms with E-state index in [1.165, 1.54) is 24.9 Å². The third-order valence-corrected chi connectivity index (χ3v) is 4.51. The molecule has 0 saturated heterocycles. The first-order valence-electron chi connectivity index (χ1n) is 7.29. The predicted molar refractivity (Wildman–Crippen MR) is 73.5 cm³/mol. The fourth-order valence-corrected chi connectivity index (χ4v) is 3.23. The molecule has 2 unspecified atom stereocenters. The molecule has 2 aliphatic rings. The smallest absolute Gasteiger partial charge is 0.0947 e. The lowest BCUT2D eigenvalue weighted by Crippen LogP contribution is -2.43. The van der Waals surface area contributed by atoms with Crippen LogP contribution in [0.3, 0.4) is 0 Å². The van der Waals surface area contributed by atoms with Crippen LogP contribution in [0.25, 0.3) is 0 Å². The van der Waals surface area contributed by atoms with Crippen LogP contribution in [0.5, 0.6) is 0 Å². The van der Waals surface area contributed by atoms with Crippen LogP contribution in [0.2, 0.25) is 0 Å². The number of hydrogen-bond donors (Lipinski definition) is 1. The number of aryl methyl sites for hydroxylation is 1. The topological polar surface area (TPSA) is 23.5 Å². The highest BCUT2D eigenvalue weighted by atomic mass is 16.3. The molecule has 2 atom stereocenters. The molecule has 98 valence electrons. The van der Waals surface area contributed by atoms with Crippen LogP contribution in [0.1, 0.15) is 43.4 Å². The molecule has 0 radical (unpaired) electrons. The Labute approximate surface area is 110 Å². The second-order valence-corrected chi connectivity index (χ2v) is 5.78. The lowest BCUT2D eigenvalue weighted by Gasteiger charge is -2.38. The normalized spacial score (nSPS) is 27.3. The summed E-state index contributed by atoms with van der Waals surface area (Å²) in [6.07, 6.45) is 4.68. The second-order valence-electron chi connectivity index (χ2n) is 5.78. The Bertz CT molecular complexity index is 413. The van der Waals surface area contributed by atoms with Gasteiger partial charge >= 0.3 is 0 Å². The van der Waals surface area contributed by atoms with Crippen molar-refractivity contribution < 1.29 is 5.11 Å². The van der Waals surface area contributed by atoms with Gasteiger partial charge in [-0.1, -0.05) is 31.2 Å². The molecule has 3 rings (SSSR count). The lowest BCUT2D eigenvalue weighted by atomic mass is 9.85. The van der Waals surface area contributed by atoms with E-state index in [4.69, 9.17) is 0 Å². The number of nitrogens with zero attached hydrogens (tertiary/aromatic N) is 1. The Kier molecular flexibility index (Phi) is 3.40. The molecule has 1 aromatic carbocycles. The minimum atomic E-state index is -0.298. The molecule has 1 N–H and O–H groups in total. The van der Waals surface area contributed by atoms with Crippen LogP contribution in [0.4, 0.5) is 0 Å². The van der Waals surface area contributed by atoms with Crippen LogP contribution < -0.4 is 0 Å². The largest absolute Gasteiger partial charge is 0.387 e. The Morgan fingerprint density at radius 1 is 1.22 bits per heavy atom. The van der Waals surface area contributed by atoms with Gasteiger partial charge in [0.1, 0.15) is 0 Å². The Hall–Kier alpha value is -0.860. The van der Waals surface area contributed by atoms with Crippen molar-refractivity contribution in [2.24, 2.45) is 5.92 Å². The first-order valence-corrected chi connectivity index (χ1v) is 7.29. The zero-order valence-corrected chi connectivity index (χ0v) is 11.2. The number of aliphatic hydroxyl groups excluding tert-OH is 1. The molecule has 0 aliphatic heterocycles. The SMILES string of the molecule is CCN(CC1CC1)C1CCc2ccccc2C1O. The molecular weight excluding hydrogens is 222 g/mol. The van der Waals surface area contributed by atoms with E-state index in [1.807, 2.05) is 6.07 Å². The molecule has 0 bridgehead atoms. The van der Waals surface area contributed by atoms with Crippen molar-refractivity contribution in [2.45, 2.75) is 44.8 Å². The van der Waals surface area contributed by atoms with Gasteiger partial charge in [-0.05, 0) is 49.3 Å². The van der Waals surface area contributed by atoms with Crippen molar-refractivity contribution in [1.29, 1.82) is 0 Å². The van der Waals surface area contributed by atoms with Gasteiger partial charge in [-0.2, -0.15) is 0 Å². The maximum atomic E-state index is 10.6. The molecular formula is C16H23NO. The second kappa shape index (κ2) is 5.02. The predicted octanol–water partition coefficient (Wildman–Crippen LogP) is 2.77. The van der Waals surface area contributed by atoms with E-state index >= 15 is 0 Å². The van der Waals surface area contributed by atoms with Crippen molar-refractivity contribution in [3.63, 3.8) is 0 Å². The summed E-state index contributed by atoms with van der Waals surface area (Å²) in [5, 5.41) is 10.6. The van der Waals surface area contributed by atoms with Crippen LogP contribution in [-0.4, -0.2) is 29.1 Å². The van der Waals surface area contributed by atoms with Crippen LogP contribution in [-0.2, 0) is 6.42 Å². The molecule has 1 aromatic rings. The van der Waals surface area contributed by atoms with Gasteiger partial charge in [0.2, 0.25) is 0 Å². The summed E-state index contributed by atoms with van der Waals surface area (Å²) in [5.74, 6) is 0.898. The van der Waals surface area contributed by atoms with Crippen LogP contribution >= 0.6 is 0 Å². The summed E-state index contributed by atoms with van der Waals surface area (Å²) >= 11 is 0. The van der Waals surface area contributed by atoms with Crippen molar-refractivity contribution >= 4 is 0 Å². The Morgan fingerprint density at radius 3 is 2.72 bits per heavy atom. The number of rotatable bonds is 4. The minimum Gasteiger partial charge on any atom is -0.387 e. The van der Waals surface area contributed by atoms with Crippen molar-refractivity contribution in [2.75, 3.05) is 13.1 Å². The van der Waals surface area contributed by atoms with Gasteiger partial charge < -0.3 is 5.11 Å². The Balaban J connectivity index is 1.77. The maximum Gasteiger partial charge on any atom is 0.0947 e. The summed E-state index contributed by atoms with van der Waals surface area (Å²) < 4.78 is 0. The van der Waals surface area contributed by atoms with Crippen LogP contribution in [0, 0.1) is 5.92 Å². The molecule has 2 aliphatic carbocycles. The number of hydrogen-bond acceptors (Lipinski definition) is 2. The van der Waals surface area contributed by atoms with Crippen LogP contribution in [0.15, 0.2) is 24.3 Å². The fraction of sp³-hybridized carbons (Fsp3) is 0.625. The molecule has 2 nitrogen and oxygen atoms in total. The number of aliphatic hydroxyl groups is 1. The third-order valence-electron chi connectivity index (χ3n) is 4.51. The van der Waals surface area contributed by atoms with E-state index < -0.39 is 0 Å². The van der Waals surface area contributed by atoms with E-state index in [2.05, 4.69) is 30.0 Å². The van der Waals surface area contributed by atoms with Crippen molar-refractivity contribution in [3.8, 4) is 0 Å². The zero-order chi connectivity index (χ0) is 12.5. The highest BCUT2D eigenvalue weighted by molar-refractivity contribution is 5.32. The number of benzene rings is 1. The van der Waals surface area contributed by atoms with Crippen molar-refractivity contribution in [1.82, 2.24) is 4.90 Å². The highest BCUT2D eigenvalue weighted by Gasteiger charge is 2.34. The van der Waals surface area contributed by atoms with Gasteiger partial charge in [-0.25, -0.2) is 0 Å². The zero-order valence-electron chi connectivity index (χ0n) is 11.2. The van der Waals surface area contributed by atoms with Gasteiger partial charge in [-0.3, -0.25) is 4.90 Å². The molecule has 0 aromatic heterocycles. The molecule has 1 saturated carbocycles. The average molecular weight is 245 g/mol. The third kappa shape index (κ3) is 2.32. The highest BCUT2D eigenvalue weighted by Crippen LogP contribution is 2.36. The monoisotopic (exact) mass is 245 g/mol. The van der Waals surface area contributed by atoms with Gasteiger partial charge in [0, 0.05) is 12.6 Å². The van der Waals surface area contributed by atoms with Gasteiger partial charge in [0.25, 0.3) is 0 Å². The molecule has 0 heterocycles.